The normalized spacial score (nSPS) is 11.2. The minimum absolute atomic E-state index is 0.684. The number of hydrogen-bond acceptors (Lipinski definition) is 4. The Morgan fingerprint density at radius 1 is 0.298 bits per heavy atom. The van der Waals surface area contributed by atoms with Gasteiger partial charge in [0.15, 0.2) is 5.82 Å². The number of benzene rings is 7. The summed E-state index contributed by atoms with van der Waals surface area (Å²) in [5, 5.41) is 2.17. The molecule has 10 rings (SSSR count). The van der Waals surface area contributed by atoms with E-state index in [0.29, 0.717) is 5.82 Å². The monoisotopic (exact) mass is 728 g/mol. The Kier molecular flexibility index (Phi) is 8.69. The Morgan fingerprint density at radius 3 is 1.46 bits per heavy atom. The van der Waals surface area contributed by atoms with Gasteiger partial charge in [0.1, 0.15) is 0 Å². The second-order valence-corrected chi connectivity index (χ2v) is 14.3. The Morgan fingerprint density at radius 2 is 0.789 bits per heavy atom. The molecule has 268 valence electrons. The number of pyridine rings is 2. The van der Waals surface area contributed by atoms with Crippen molar-refractivity contribution >= 4 is 21.8 Å². The van der Waals surface area contributed by atoms with Crippen molar-refractivity contribution in [2.24, 2.45) is 0 Å². The summed E-state index contributed by atoms with van der Waals surface area (Å²) >= 11 is 0. The van der Waals surface area contributed by atoms with Gasteiger partial charge in [0.2, 0.25) is 0 Å². The lowest BCUT2D eigenvalue weighted by Gasteiger charge is -2.12. The SMILES string of the molecule is Cc1cc(-c2ccccc2)c2ccc3ccc(-c4ccc(-c5cccc(-c6nc(-c7ccccc7)cc(-c7ccc(-c8ccccc8)cc7)n6)c5)cc4)nc3c2n1. The lowest BCUT2D eigenvalue weighted by atomic mass is 9.98. The standard InChI is InChI=1S/C53H36N4/c1-35-32-47(39-14-7-3-8-15-39)46-30-28-43-29-31-48(55-51(43)52(46)54-35)41-24-22-38(23-25-41)44-18-11-19-45(33-44)53-56-49(40-16-9-4-10-17-40)34-50(57-53)42-26-20-37(21-27-42)36-12-5-2-6-13-36/h2-34H,1H3. The maximum atomic E-state index is 5.21. The first-order valence-corrected chi connectivity index (χ1v) is 19.2. The van der Waals surface area contributed by atoms with Crippen molar-refractivity contribution < 1.29 is 0 Å². The number of aromatic nitrogens is 4. The Balaban J connectivity index is 0.988. The molecule has 0 aliphatic heterocycles. The molecule has 0 unspecified atom stereocenters. The first-order chi connectivity index (χ1) is 28.1. The van der Waals surface area contributed by atoms with Crippen LogP contribution < -0.4 is 0 Å². The summed E-state index contributed by atoms with van der Waals surface area (Å²) < 4.78 is 0. The molecule has 0 saturated carbocycles. The van der Waals surface area contributed by atoms with Crippen molar-refractivity contribution in [2.75, 3.05) is 0 Å². The maximum Gasteiger partial charge on any atom is 0.160 e. The molecule has 0 spiro atoms. The minimum atomic E-state index is 0.684. The van der Waals surface area contributed by atoms with Gasteiger partial charge in [0, 0.05) is 38.7 Å². The molecule has 0 atom stereocenters. The zero-order valence-corrected chi connectivity index (χ0v) is 31.3. The molecule has 0 N–H and O–H groups in total. The predicted octanol–water partition coefficient (Wildman–Crippen LogP) is 13.6. The van der Waals surface area contributed by atoms with E-state index in [4.69, 9.17) is 19.9 Å². The average Bonchev–Trinajstić information content (AvgIpc) is 3.29. The number of rotatable bonds is 7. The summed E-state index contributed by atoms with van der Waals surface area (Å²) in [6, 6.07) is 69.8. The predicted molar refractivity (Wildman–Crippen MR) is 235 cm³/mol. The summed E-state index contributed by atoms with van der Waals surface area (Å²) in [4.78, 5) is 20.5. The van der Waals surface area contributed by atoms with Gasteiger partial charge in [-0.25, -0.2) is 15.0 Å². The van der Waals surface area contributed by atoms with Crippen molar-refractivity contribution in [1.82, 2.24) is 19.9 Å². The van der Waals surface area contributed by atoms with Gasteiger partial charge in [-0.05, 0) is 64.6 Å². The Labute approximate surface area is 331 Å². The van der Waals surface area contributed by atoms with Crippen LogP contribution in [0.3, 0.4) is 0 Å². The molecule has 3 aromatic heterocycles. The summed E-state index contributed by atoms with van der Waals surface area (Å²) in [6.07, 6.45) is 0. The fourth-order valence-electron chi connectivity index (χ4n) is 7.63. The fraction of sp³-hybridized carbons (Fsp3) is 0.0189. The molecule has 57 heavy (non-hydrogen) atoms. The molecule has 3 heterocycles. The van der Waals surface area contributed by atoms with Crippen LogP contribution in [0.5, 0.6) is 0 Å². The van der Waals surface area contributed by atoms with Gasteiger partial charge >= 0.3 is 0 Å². The van der Waals surface area contributed by atoms with Crippen LogP contribution in [0.25, 0.3) is 100 Å². The van der Waals surface area contributed by atoms with Crippen LogP contribution in [-0.4, -0.2) is 19.9 Å². The third-order valence-corrected chi connectivity index (χ3v) is 10.6. The van der Waals surface area contributed by atoms with Crippen LogP contribution in [0.2, 0.25) is 0 Å². The molecular formula is C53H36N4. The number of fused-ring (bicyclic) bond motifs is 3. The van der Waals surface area contributed by atoms with Crippen molar-refractivity contribution in [3.05, 3.63) is 206 Å². The highest BCUT2D eigenvalue weighted by Crippen LogP contribution is 2.35. The topological polar surface area (TPSA) is 51.6 Å². The quantitative estimate of drug-likeness (QED) is 0.153. The van der Waals surface area contributed by atoms with Crippen LogP contribution >= 0.6 is 0 Å². The third kappa shape index (κ3) is 6.75. The van der Waals surface area contributed by atoms with E-state index in [0.717, 1.165) is 78.0 Å². The maximum absolute atomic E-state index is 5.21. The highest BCUT2D eigenvalue weighted by Gasteiger charge is 2.14. The molecule has 7 aromatic carbocycles. The van der Waals surface area contributed by atoms with Gasteiger partial charge < -0.3 is 0 Å². The number of aryl methyl sites for hydroxylation is 1. The van der Waals surface area contributed by atoms with Crippen molar-refractivity contribution in [1.29, 1.82) is 0 Å². The lowest BCUT2D eigenvalue weighted by molar-refractivity contribution is 1.18. The highest BCUT2D eigenvalue weighted by molar-refractivity contribution is 6.08. The summed E-state index contributed by atoms with van der Waals surface area (Å²) in [6.45, 7) is 2.05. The van der Waals surface area contributed by atoms with Gasteiger partial charge in [-0.1, -0.05) is 176 Å². The first-order valence-electron chi connectivity index (χ1n) is 19.2. The fourth-order valence-corrected chi connectivity index (χ4v) is 7.63. The van der Waals surface area contributed by atoms with E-state index < -0.39 is 0 Å². The van der Waals surface area contributed by atoms with E-state index in [-0.39, 0.29) is 0 Å². The van der Waals surface area contributed by atoms with Crippen molar-refractivity contribution in [3.8, 4) is 78.5 Å². The van der Waals surface area contributed by atoms with Crippen LogP contribution in [-0.2, 0) is 0 Å². The molecule has 10 aromatic rings. The highest BCUT2D eigenvalue weighted by atomic mass is 14.9. The van der Waals surface area contributed by atoms with E-state index in [1.54, 1.807) is 0 Å². The van der Waals surface area contributed by atoms with Gasteiger partial charge in [-0.3, -0.25) is 4.98 Å². The molecule has 4 nitrogen and oxygen atoms in total. The molecule has 0 radical (unpaired) electrons. The Bertz CT molecular complexity index is 3030. The van der Waals surface area contributed by atoms with Crippen LogP contribution in [0.15, 0.2) is 200 Å². The van der Waals surface area contributed by atoms with Crippen LogP contribution in [0.4, 0.5) is 0 Å². The van der Waals surface area contributed by atoms with E-state index >= 15 is 0 Å². The molecule has 0 fully saturated rings. The molecule has 0 aliphatic carbocycles. The molecule has 0 aliphatic rings. The first kappa shape index (κ1) is 34.0. The number of hydrogen-bond donors (Lipinski definition) is 0. The van der Waals surface area contributed by atoms with Gasteiger partial charge in [-0.15, -0.1) is 0 Å². The van der Waals surface area contributed by atoms with Crippen LogP contribution in [0, 0.1) is 6.92 Å². The van der Waals surface area contributed by atoms with Gasteiger partial charge in [0.25, 0.3) is 0 Å². The molecular weight excluding hydrogens is 693 g/mol. The zero-order valence-electron chi connectivity index (χ0n) is 31.3. The van der Waals surface area contributed by atoms with Crippen LogP contribution in [0.1, 0.15) is 5.69 Å². The molecule has 4 heteroatoms. The largest absolute Gasteiger partial charge is 0.251 e. The summed E-state index contributed by atoms with van der Waals surface area (Å²) in [7, 11) is 0. The van der Waals surface area contributed by atoms with E-state index in [2.05, 4.69) is 177 Å². The van der Waals surface area contributed by atoms with Gasteiger partial charge in [0.05, 0.1) is 28.1 Å². The molecule has 0 saturated heterocycles. The van der Waals surface area contributed by atoms with E-state index in [1.165, 1.54) is 22.3 Å². The summed E-state index contributed by atoms with van der Waals surface area (Å²) in [5.41, 5.74) is 16.5. The second-order valence-electron chi connectivity index (χ2n) is 14.3. The zero-order chi connectivity index (χ0) is 38.1. The van der Waals surface area contributed by atoms with E-state index in [1.807, 2.05) is 30.3 Å². The van der Waals surface area contributed by atoms with Crippen molar-refractivity contribution in [2.45, 2.75) is 6.92 Å². The van der Waals surface area contributed by atoms with E-state index in [9.17, 15) is 0 Å². The minimum Gasteiger partial charge on any atom is -0.251 e. The smallest absolute Gasteiger partial charge is 0.160 e. The molecule has 0 bridgehead atoms. The summed E-state index contributed by atoms with van der Waals surface area (Å²) in [5.74, 6) is 0.684. The Hall–Kier alpha value is -7.56. The average molecular weight is 729 g/mol. The second kappa shape index (κ2) is 14.6. The third-order valence-electron chi connectivity index (χ3n) is 10.6. The number of nitrogens with zero attached hydrogens (tertiary/aromatic N) is 4. The molecule has 0 amide bonds. The van der Waals surface area contributed by atoms with Crippen molar-refractivity contribution in [3.63, 3.8) is 0 Å². The van der Waals surface area contributed by atoms with Gasteiger partial charge in [-0.2, -0.15) is 0 Å². The lowest BCUT2D eigenvalue weighted by Crippen LogP contribution is -1.96.